The zero-order chi connectivity index (χ0) is 8.77. The Labute approximate surface area is 70.3 Å². The maximum atomic E-state index is 11.5. The van der Waals surface area contributed by atoms with E-state index in [0.29, 0.717) is 12.2 Å². The Bertz CT molecular complexity index is 295. The molecule has 0 aromatic carbocycles. The van der Waals surface area contributed by atoms with Crippen molar-refractivity contribution in [3.8, 4) is 0 Å². The molecule has 64 valence electrons. The Kier molecular flexibility index (Phi) is 1.46. The molecule has 12 heavy (non-hydrogen) atoms. The Morgan fingerprint density at radius 3 is 2.92 bits per heavy atom. The third-order valence-corrected chi connectivity index (χ3v) is 2.16. The number of ether oxygens (including phenoxy) is 1. The van der Waals surface area contributed by atoms with Crippen LogP contribution in [0.1, 0.15) is 6.92 Å². The van der Waals surface area contributed by atoms with Crippen molar-refractivity contribution >= 4 is 5.78 Å². The summed E-state index contributed by atoms with van der Waals surface area (Å²) >= 11 is 0. The van der Waals surface area contributed by atoms with Gasteiger partial charge in [-0.1, -0.05) is 11.6 Å². The largest absolute Gasteiger partial charge is 0.392 e. The van der Waals surface area contributed by atoms with Crippen LogP contribution < -0.4 is 0 Å². The van der Waals surface area contributed by atoms with Crippen molar-refractivity contribution in [3.05, 3.63) is 23.3 Å². The third-order valence-electron chi connectivity index (χ3n) is 2.16. The van der Waals surface area contributed by atoms with Gasteiger partial charge in [0, 0.05) is 5.57 Å². The first kappa shape index (κ1) is 7.71. The zero-order valence-electron chi connectivity index (χ0n) is 6.83. The lowest BCUT2D eigenvalue weighted by Gasteiger charge is -2.13. The van der Waals surface area contributed by atoms with Crippen molar-refractivity contribution in [3.63, 3.8) is 0 Å². The van der Waals surface area contributed by atoms with Gasteiger partial charge < -0.3 is 9.84 Å². The molecule has 1 fully saturated rings. The van der Waals surface area contributed by atoms with Crippen molar-refractivity contribution < 1.29 is 14.6 Å². The number of rotatable bonds is 1. The Hall–Kier alpha value is -0.930. The molecule has 1 atom stereocenters. The molecule has 2 aliphatic rings. The normalized spacial score (nSPS) is 33.3. The maximum Gasteiger partial charge on any atom is 0.199 e. The smallest absolute Gasteiger partial charge is 0.199 e. The molecule has 1 spiro atoms. The number of ketones is 1. The van der Waals surface area contributed by atoms with Crippen LogP contribution in [0.4, 0.5) is 0 Å². The van der Waals surface area contributed by atoms with E-state index in [1.807, 2.05) is 13.0 Å². The van der Waals surface area contributed by atoms with Crippen molar-refractivity contribution in [2.45, 2.75) is 12.5 Å². The molecule has 3 heteroatoms. The lowest BCUT2D eigenvalue weighted by atomic mass is 9.90. The van der Waals surface area contributed by atoms with Crippen LogP contribution in [-0.2, 0) is 9.53 Å². The molecule has 0 saturated carbocycles. The first-order valence-corrected chi connectivity index (χ1v) is 3.87. The van der Waals surface area contributed by atoms with E-state index >= 15 is 0 Å². The van der Waals surface area contributed by atoms with Crippen LogP contribution >= 0.6 is 0 Å². The summed E-state index contributed by atoms with van der Waals surface area (Å²) in [7, 11) is 0. The molecule has 0 bridgehead atoms. The van der Waals surface area contributed by atoms with Gasteiger partial charge in [0.15, 0.2) is 11.4 Å². The SMILES string of the molecule is CC1=CC2(CO2)C(=O)C(CO)=C1. The third kappa shape index (κ3) is 0.940. The summed E-state index contributed by atoms with van der Waals surface area (Å²) in [5.41, 5.74) is 0.736. The van der Waals surface area contributed by atoms with Crippen LogP contribution in [0.5, 0.6) is 0 Å². The van der Waals surface area contributed by atoms with Gasteiger partial charge in [0.05, 0.1) is 13.2 Å². The fourth-order valence-electron chi connectivity index (χ4n) is 1.50. The van der Waals surface area contributed by atoms with E-state index in [1.54, 1.807) is 6.08 Å². The molecule has 0 radical (unpaired) electrons. The van der Waals surface area contributed by atoms with E-state index in [1.165, 1.54) is 0 Å². The van der Waals surface area contributed by atoms with E-state index in [4.69, 9.17) is 9.84 Å². The van der Waals surface area contributed by atoms with E-state index in [2.05, 4.69) is 0 Å². The highest BCUT2D eigenvalue weighted by Crippen LogP contribution is 2.36. The minimum absolute atomic E-state index is 0.0874. The number of carbonyl (C=O) groups is 1. The van der Waals surface area contributed by atoms with Crippen LogP contribution in [0.2, 0.25) is 0 Å². The fraction of sp³-hybridized carbons (Fsp3) is 0.444. The molecule has 1 saturated heterocycles. The van der Waals surface area contributed by atoms with E-state index in [-0.39, 0.29) is 12.4 Å². The topological polar surface area (TPSA) is 49.8 Å². The average Bonchev–Trinajstić information content (AvgIpc) is 2.78. The molecule has 1 aliphatic carbocycles. The zero-order valence-corrected chi connectivity index (χ0v) is 6.83. The first-order chi connectivity index (χ1) is 5.68. The van der Waals surface area contributed by atoms with E-state index in [9.17, 15) is 4.79 Å². The van der Waals surface area contributed by atoms with Gasteiger partial charge in [-0.05, 0) is 13.0 Å². The number of Topliss-reactive ketones (excluding diaryl/α,β-unsaturated/α-hetero) is 1. The highest BCUT2D eigenvalue weighted by Gasteiger charge is 2.52. The molecular weight excluding hydrogens is 156 g/mol. The number of carbonyl (C=O) groups excluding carboxylic acids is 1. The number of epoxide rings is 1. The van der Waals surface area contributed by atoms with E-state index in [0.717, 1.165) is 5.57 Å². The lowest BCUT2D eigenvalue weighted by molar-refractivity contribution is -0.119. The molecule has 1 heterocycles. The second-order valence-electron chi connectivity index (χ2n) is 3.22. The minimum Gasteiger partial charge on any atom is -0.392 e. The summed E-state index contributed by atoms with van der Waals surface area (Å²) in [6, 6.07) is 0. The fourth-order valence-corrected chi connectivity index (χ4v) is 1.50. The Balaban J connectivity index is 2.37. The molecule has 1 unspecified atom stereocenters. The van der Waals surface area contributed by atoms with Gasteiger partial charge in [0.1, 0.15) is 0 Å². The molecule has 1 N–H and O–H groups in total. The minimum atomic E-state index is -0.698. The Morgan fingerprint density at radius 2 is 2.42 bits per heavy atom. The summed E-state index contributed by atoms with van der Waals surface area (Å²) in [4.78, 5) is 11.5. The van der Waals surface area contributed by atoms with Crippen LogP contribution in [0, 0.1) is 0 Å². The van der Waals surface area contributed by atoms with Gasteiger partial charge in [-0.3, -0.25) is 4.79 Å². The summed E-state index contributed by atoms with van der Waals surface area (Å²) < 4.78 is 5.07. The van der Waals surface area contributed by atoms with Crippen LogP contribution in [0.25, 0.3) is 0 Å². The molecular formula is C9H10O3. The van der Waals surface area contributed by atoms with Crippen LogP contribution in [0.15, 0.2) is 23.3 Å². The number of aliphatic hydroxyl groups excluding tert-OH is 1. The monoisotopic (exact) mass is 166 g/mol. The summed E-state index contributed by atoms with van der Waals surface area (Å²) in [6.45, 7) is 2.15. The standard InChI is InChI=1S/C9H10O3/c1-6-2-7(4-10)8(11)9(3-6)5-12-9/h2-3,10H,4-5H2,1H3. The van der Waals surface area contributed by atoms with Gasteiger partial charge in [0.2, 0.25) is 0 Å². The predicted octanol–water partition coefficient (Wildman–Crippen LogP) is 0.203. The van der Waals surface area contributed by atoms with Gasteiger partial charge in [-0.25, -0.2) is 0 Å². The number of hydrogen-bond acceptors (Lipinski definition) is 3. The van der Waals surface area contributed by atoms with Gasteiger partial charge in [-0.15, -0.1) is 0 Å². The summed E-state index contributed by atoms with van der Waals surface area (Å²) in [6.07, 6.45) is 3.52. The quantitative estimate of drug-likeness (QED) is 0.566. The van der Waals surface area contributed by atoms with Crippen molar-refractivity contribution in [2.24, 2.45) is 0 Å². The maximum absolute atomic E-state index is 11.5. The van der Waals surface area contributed by atoms with Crippen molar-refractivity contribution in [1.82, 2.24) is 0 Å². The molecule has 0 aromatic rings. The summed E-state index contributed by atoms with van der Waals surface area (Å²) in [5.74, 6) is -0.0874. The first-order valence-electron chi connectivity index (χ1n) is 3.87. The predicted molar refractivity (Wildman–Crippen MR) is 42.6 cm³/mol. The molecule has 2 rings (SSSR count). The highest BCUT2D eigenvalue weighted by molar-refractivity contribution is 6.07. The van der Waals surface area contributed by atoms with Gasteiger partial charge in [0.25, 0.3) is 0 Å². The van der Waals surface area contributed by atoms with Crippen molar-refractivity contribution in [1.29, 1.82) is 0 Å². The van der Waals surface area contributed by atoms with Crippen LogP contribution in [-0.4, -0.2) is 29.7 Å². The molecule has 0 amide bonds. The van der Waals surface area contributed by atoms with Crippen LogP contribution in [0.3, 0.4) is 0 Å². The average molecular weight is 166 g/mol. The van der Waals surface area contributed by atoms with E-state index < -0.39 is 5.60 Å². The molecule has 1 aliphatic heterocycles. The number of hydrogen-bond donors (Lipinski definition) is 1. The van der Waals surface area contributed by atoms with Gasteiger partial charge in [-0.2, -0.15) is 0 Å². The molecule has 0 aromatic heterocycles. The number of allylic oxidation sites excluding steroid dienone is 2. The Morgan fingerprint density at radius 1 is 1.75 bits per heavy atom. The lowest BCUT2D eigenvalue weighted by Crippen LogP contribution is -2.28. The van der Waals surface area contributed by atoms with Crippen molar-refractivity contribution in [2.75, 3.05) is 13.2 Å². The molecule has 3 nitrogen and oxygen atoms in total. The second kappa shape index (κ2) is 2.28. The van der Waals surface area contributed by atoms with Gasteiger partial charge >= 0.3 is 0 Å². The summed E-state index contributed by atoms with van der Waals surface area (Å²) in [5, 5.41) is 8.87. The number of aliphatic hydroxyl groups is 1. The highest BCUT2D eigenvalue weighted by atomic mass is 16.6. The second-order valence-corrected chi connectivity index (χ2v) is 3.22.